The number of aryl methyl sites for hydroxylation is 1. The molecule has 0 aliphatic carbocycles. The maximum atomic E-state index is 9.69. The lowest BCUT2D eigenvalue weighted by atomic mass is 10.1. The fraction of sp³-hybridized carbons (Fsp3) is 0.500. The van der Waals surface area contributed by atoms with Gasteiger partial charge in [-0.05, 0) is 25.0 Å². The molecule has 0 spiro atoms. The molecule has 3 nitrogen and oxygen atoms in total. The molecule has 0 saturated carbocycles. The molecule has 13 heavy (non-hydrogen) atoms. The van der Waals surface area contributed by atoms with Crippen LogP contribution in [0, 0.1) is 6.92 Å². The van der Waals surface area contributed by atoms with E-state index in [1.807, 2.05) is 26.0 Å². The van der Waals surface area contributed by atoms with E-state index >= 15 is 0 Å². The van der Waals surface area contributed by atoms with Crippen LogP contribution in [0.15, 0.2) is 18.3 Å². The highest BCUT2D eigenvalue weighted by atomic mass is 16.3. The summed E-state index contributed by atoms with van der Waals surface area (Å²) in [5, 5.41) is 9.69. The topological polar surface area (TPSA) is 59.1 Å². The van der Waals surface area contributed by atoms with E-state index < -0.39 is 6.10 Å². The van der Waals surface area contributed by atoms with E-state index in [0.717, 1.165) is 12.0 Å². The first kappa shape index (κ1) is 10.2. The normalized spacial score (nSPS) is 15.4. The second-order valence-electron chi connectivity index (χ2n) is 3.28. The van der Waals surface area contributed by atoms with Gasteiger partial charge in [-0.3, -0.25) is 4.98 Å². The molecule has 3 N–H and O–H groups in total. The Kier molecular flexibility index (Phi) is 3.39. The molecule has 2 atom stereocenters. The second kappa shape index (κ2) is 4.35. The zero-order valence-electron chi connectivity index (χ0n) is 8.07. The van der Waals surface area contributed by atoms with Crippen molar-refractivity contribution in [2.75, 3.05) is 0 Å². The number of hydrogen-bond acceptors (Lipinski definition) is 3. The molecular formula is C10H16N2O. The Morgan fingerprint density at radius 1 is 1.54 bits per heavy atom. The largest absolute Gasteiger partial charge is 0.385 e. The summed E-state index contributed by atoms with van der Waals surface area (Å²) in [5.74, 6) is 0. The first-order valence-corrected chi connectivity index (χ1v) is 4.51. The van der Waals surface area contributed by atoms with Crippen LogP contribution in [0.3, 0.4) is 0 Å². The van der Waals surface area contributed by atoms with Crippen molar-refractivity contribution >= 4 is 0 Å². The van der Waals surface area contributed by atoms with Gasteiger partial charge < -0.3 is 10.8 Å². The first-order chi connectivity index (χ1) is 6.15. The van der Waals surface area contributed by atoms with Crippen LogP contribution in [0.1, 0.15) is 30.7 Å². The third-order valence-electron chi connectivity index (χ3n) is 2.11. The summed E-state index contributed by atoms with van der Waals surface area (Å²) >= 11 is 0. The van der Waals surface area contributed by atoms with Gasteiger partial charge in [-0.15, -0.1) is 0 Å². The van der Waals surface area contributed by atoms with Crippen molar-refractivity contribution in [3.8, 4) is 0 Å². The number of aliphatic hydroxyl groups excluding tert-OH is 1. The lowest BCUT2D eigenvalue weighted by Gasteiger charge is -2.16. The summed E-state index contributed by atoms with van der Waals surface area (Å²) in [6.07, 6.45) is 1.84. The number of aliphatic hydroxyl groups is 1. The van der Waals surface area contributed by atoms with Crippen LogP contribution < -0.4 is 5.73 Å². The molecule has 0 saturated heterocycles. The van der Waals surface area contributed by atoms with Gasteiger partial charge in [-0.2, -0.15) is 0 Å². The Labute approximate surface area is 78.6 Å². The Bertz CT molecular complexity index is 258. The van der Waals surface area contributed by atoms with Crippen LogP contribution in [0.2, 0.25) is 0 Å². The summed E-state index contributed by atoms with van der Waals surface area (Å²) < 4.78 is 0. The Morgan fingerprint density at radius 3 is 2.69 bits per heavy atom. The van der Waals surface area contributed by atoms with Crippen molar-refractivity contribution in [1.82, 2.24) is 4.98 Å². The van der Waals surface area contributed by atoms with Crippen LogP contribution in [0.25, 0.3) is 0 Å². The average molecular weight is 180 g/mol. The van der Waals surface area contributed by atoms with Crippen molar-refractivity contribution in [1.29, 1.82) is 0 Å². The Hall–Kier alpha value is -0.930. The van der Waals surface area contributed by atoms with Gasteiger partial charge in [0.1, 0.15) is 6.10 Å². The fourth-order valence-electron chi connectivity index (χ4n) is 1.10. The van der Waals surface area contributed by atoms with E-state index in [2.05, 4.69) is 4.98 Å². The highest BCUT2D eigenvalue weighted by Crippen LogP contribution is 2.14. The van der Waals surface area contributed by atoms with Gasteiger partial charge in [-0.25, -0.2) is 0 Å². The number of nitrogens with zero attached hydrogens (tertiary/aromatic N) is 1. The number of rotatable bonds is 3. The molecule has 0 aliphatic heterocycles. The van der Waals surface area contributed by atoms with E-state index in [9.17, 15) is 5.11 Å². The smallest absolute Gasteiger partial charge is 0.111 e. The standard InChI is InChI=1S/C10H16N2O/c1-3-8(11)10(13)9-5-4-7(2)6-12-9/h4-6,8,10,13H,3,11H2,1-2H3. The van der Waals surface area contributed by atoms with Crippen LogP contribution in [0.5, 0.6) is 0 Å². The Balaban J connectivity index is 2.77. The SMILES string of the molecule is CCC(N)C(O)c1ccc(C)cn1. The minimum absolute atomic E-state index is 0.227. The summed E-state index contributed by atoms with van der Waals surface area (Å²) in [6.45, 7) is 3.91. The van der Waals surface area contributed by atoms with Crippen molar-refractivity contribution in [2.45, 2.75) is 32.4 Å². The van der Waals surface area contributed by atoms with Crippen molar-refractivity contribution < 1.29 is 5.11 Å². The summed E-state index contributed by atoms with van der Waals surface area (Å²) in [4.78, 5) is 4.12. The van der Waals surface area contributed by atoms with E-state index in [1.165, 1.54) is 0 Å². The van der Waals surface area contributed by atoms with Gasteiger partial charge >= 0.3 is 0 Å². The molecule has 0 aliphatic rings. The summed E-state index contributed by atoms with van der Waals surface area (Å²) in [5.41, 5.74) is 7.43. The van der Waals surface area contributed by atoms with E-state index in [0.29, 0.717) is 5.69 Å². The molecule has 1 aromatic heterocycles. The van der Waals surface area contributed by atoms with Gasteiger partial charge in [0.25, 0.3) is 0 Å². The first-order valence-electron chi connectivity index (χ1n) is 4.51. The Morgan fingerprint density at radius 2 is 2.23 bits per heavy atom. The van der Waals surface area contributed by atoms with Crippen molar-refractivity contribution in [3.63, 3.8) is 0 Å². The van der Waals surface area contributed by atoms with Crippen LogP contribution >= 0.6 is 0 Å². The van der Waals surface area contributed by atoms with Crippen molar-refractivity contribution in [2.24, 2.45) is 5.73 Å². The molecule has 0 radical (unpaired) electrons. The fourth-order valence-corrected chi connectivity index (χ4v) is 1.10. The summed E-state index contributed by atoms with van der Waals surface area (Å²) in [7, 11) is 0. The molecule has 1 heterocycles. The summed E-state index contributed by atoms with van der Waals surface area (Å²) in [6, 6.07) is 3.51. The maximum Gasteiger partial charge on any atom is 0.111 e. The number of hydrogen-bond donors (Lipinski definition) is 2. The lowest BCUT2D eigenvalue weighted by Crippen LogP contribution is -2.27. The third kappa shape index (κ3) is 2.50. The lowest BCUT2D eigenvalue weighted by molar-refractivity contribution is 0.140. The van der Waals surface area contributed by atoms with Crippen LogP contribution in [-0.2, 0) is 0 Å². The third-order valence-corrected chi connectivity index (χ3v) is 2.11. The quantitative estimate of drug-likeness (QED) is 0.733. The van der Waals surface area contributed by atoms with Crippen molar-refractivity contribution in [3.05, 3.63) is 29.6 Å². The van der Waals surface area contributed by atoms with Crippen LogP contribution in [-0.4, -0.2) is 16.1 Å². The minimum atomic E-state index is -0.648. The molecule has 0 aromatic carbocycles. The number of pyridine rings is 1. The van der Waals surface area contributed by atoms with Gasteiger partial charge in [0.15, 0.2) is 0 Å². The molecule has 0 fully saturated rings. The molecule has 0 bridgehead atoms. The monoisotopic (exact) mass is 180 g/mol. The maximum absolute atomic E-state index is 9.69. The molecule has 1 rings (SSSR count). The predicted octanol–water partition coefficient (Wildman–Crippen LogP) is 1.16. The molecule has 3 heteroatoms. The number of nitrogens with two attached hydrogens (primary N) is 1. The van der Waals surface area contributed by atoms with Gasteiger partial charge in [0.05, 0.1) is 5.69 Å². The second-order valence-corrected chi connectivity index (χ2v) is 3.28. The highest BCUT2D eigenvalue weighted by Gasteiger charge is 2.15. The van der Waals surface area contributed by atoms with E-state index in [1.54, 1.807) is 6.20 Å². The molecule has 2 unspecified atom stereocenters. The van der Waals surface area contributed by atoms with Gasteiger partial charge in [0.2, 0.25) is 0 Å². The predicted molar refractivity (Wildman–Crippen MR) is 52.2 cm³/mol. The zero-order chi connectivity index (χ0) is 9.84. The van der Waals surface area contributed by atoms with Gasteiger partial charge in [-0.1, -0.05) is 13.0 Å². The zero-order valence-corrected chi connectivity index (χ0v) is 8.07. The molecule has 72 valence electrons. The van der Waals surface area contributed by atoms with E-state index in [-0.39, 0.29) is 6.04 Å². The molecule has 0 amide bonds. The molecular weight excluding hydrogens is 164 g/mol. The highest BCUT2D eigenvalue weighted by molar-refractivity contribution is 5.14. The number of aromatic nitrogens is 1. The minimum Gasteiger partial charge on any atom is -0.385 e. The van der Waals surface area contributed by atoms with Gasteiger partial charge in [0, 0.05) is 12.2 Å². The van der Waals surface area contributed by atoms with E-state index in [4.69, 9.17) is 5.73 Å². The average Bonchev–Trinajstić information content (AvgIpc) is 2.17. The molecule has 1 aromatic rings. The van der Waals surface area contributed by atoms with Crippen LogP contribution in [0.4, 0.5) is 0 Å².